The number of nitrogens with zero attached hydrogens (tertiary/aromatic N) is 4. The van der Waals surface area contributed by atoms with Crippen LogP contribution in [0.2, 0.25) is 15.2 Å². The van der Waals surface area contributed by atoms with Crippen LogP contribution in [0, 0.1) is 11.3 Å². The molecule has 0 saturated carbocycles. The number of ether oxygens (including phenoxy) is 3. The van der Waals surface area contributed by atoms with Gasteiger partial charge in [-0.3, -0.25) is 4.90 Å². The summed E-state index contributed by atoms with van der Waals surface area (Å²) in [4.78, 5) is 8.69. The smallest absolute Gasteiger partial charge is 0.151 e. The van der Waals surface area contributed by atoms with Crippen LogP contribution in [0.1, 0.15) is 11.1 Å². The molecule has 31 heavy (non-hydrogen) atoms. The Labute approximate surface area is 197 Å². The number of methoxy groups -OCH3 is 2. The molecule has 166 valence electrons. The van der Waals surface area contributed by atoms with Crippen molar-refractivity contribution in [2.24, 2.45) is 0 Å². The number of rotatable bonds is 8. The van der Waals surface area contributed by atoms with Crippen molar-refractivity contribution in [2.75, 3.05) is 58.5 Å². The lowest BCUT2D eigenvalue weighted by Crippen LogP contribution is -2.41. The number of morpholine rings is 1. The summed E-state index contributed by atoms with van der Waals surface area (Å²) in [5.41, 5.74) is 0.947. The van der Waals surface area contributed by atoms with Crippen LogP contribution in [0.3, 0.4) is 0 Å². The summed E-state index contributed by atoms with van der Waals surface area (Å²) in [5, 5.41) is 9.60. The minimum Gasteiger partial charge on any atom is -0.497 e. The van der Waals surface area contributed by atoms with Crippen LogP contribution in [0.25, 0.3) is 0 Å². The van der Waals surface area contributed by atoms with Crippen molar-refractivity contribution in [3.8, 4) is 17.6 Å². The van der Waals surface area contributed by atoms with Crippen molar-refractivity contribution < 1.29 is 14.2 Å². The number of benzene rings is 1. The third-order valence-corrected chi connectivity index (χ3v) is 6.18. The van der Waals surface area contributed by atoms with Crippen molar-refractivity contribution in [2.45, 2.75) is 6.54 Å². The van der Waals surface area contributed by atoms with Crippen molar-refractivity contribution >= 4 is 40.6 Å². The second-order valence-corrected chi connectivity index (χ2v) is 8.01. The first kappa shape index (κ1) is 23.7. The highest BCUT2D eigenvalue weighted by Gasteiger charge is 2.23. The molecule has 2 aromatic rings. The van der Waals surface area contributed by atoms with Gasteiger partial charge >= 0.3 is 0 Å². The Kier molecular flexibility index (Phi) is 8.47. The molecule has 0 N–H and O–H groups in total. The Morgan fingerprint density at radius 2 is 1.90 bits per heavy atom. The molecule has 1 aromatic carbocycles. The zero-order valence-corrected chi connectivity index (χ0v) is 19.6. The van der Waals surface area contributed by atoms with E-state index in [9.17, 15) is 5.26 Å². The van der Waals surface area contributed by atoms with Crippen molar-refractivity contribution in [3.05, 3.63) is 44.5 Å². The lowest BCUT2D eigenvalue weighted by atomic mass is 10.1. The van der Waals surface area contributed by atoms with Gasteiger partial charge in [-0.1, -0.05) is 34.8 Å². The molecule has 0 bridgehead atoms. The van der Waals surface area contributed by atoms with E-state index in [1.807, 2.05) is 29.2 Å². The van der Waals surface area contributed by atoms with E-state index in [0.29, 0.717) is 43.6 Å². The van der Waals surface area contributed by atoms with Gasteiger partial charge in [0.25, 0.3) is 0 Å². The molecule has 0 aliphatic carbocycles. The average Bonchev–Trinajstić information content (AvgIpc) is 2.80. The van der Waals surface area contributed by atoms with Crippen molar-refractivity contribution in [1.82, 2.24) is 9.88 Å². The Balaban J connectivity index is 1.97. The molecule has 0 unspecified atom stereocenters. The first-order valence-electron chi connectivity index (χ1n) is 9.69. The van der Waals surface area contributed by atoms with Gasteiger partial charge in [0.2, 0.25) is 0 Å². The highest BCUT2D eigenvalue weighted by Crippen LogP contribution is 2.38. The molecule has 7 nitrogen and oxygen atoms in total. The maximum atomic E-state index is 9.31. The summed E-state index contributed by atoms with van der Waals surface area (Å²) in [6.45, 7) is 4.91. The number of hydrogen-bond acceptors (Lipinski definition) is 7. The Hall–Kier alpha value is -1.95. The summed E-state index contributed by atoms with van der Waals surface area (Å²) < 4.78 is 16.3. The van der Waals surface area contributed by atoms with Gasteiger partial charge in [-0.15, -0.1) is 0 Å². The van der Waals surface area contributed by atoms with Gasteiger partial charge in [-0.05, 0) is 18.2 Å². The fraction of sp³-hybridized carbons (Fsp3) is 0.429. The SMILES string of the molecule is COc1ccc(OC)c(CN(CCN2CCOCC2)c2nc(Cl)c(C#N)c(Cl)c2Cl)c1. The third kappa shape index (κ3) is 5.65. The molecule has 3 rings (SSSR count). The largest absolute Gasteiger partial charge is 0.497 e. The molecule has 1 aliphatic rings. The highest BCUT2D eigenvalue weighted by molar-refractivity contribution is 6.45. The third-order valence-electron chi connectivity index (χ3n) is 5.07. The van der Waals surface area contributed by atoms with E-state index in [1.54, 1.807) is 14.2 Å². The van der Waals surface area contributed by atoms with Gasteiger partial charge < -0.3 is 19.1 Å². The van der Waals surface area contributed by atoms with E-state index in [1.165, 1.54) is 0 Å². The minimum atomic E-state index is 0.0147. The van der Waals surface area contributed by atoms with Crippen LogP contribution >= 0.6 is 34.8 Å². The predicted molar refractivity (Wildman–Crippen MR) is 122 cm³/mol. The normalized spacial score (nSPS) is 14.2. The topological polar surface area (TPSA) is 70.8 Å². The molecule has 0 atom stereocenters. The van der Waals surface area contributed by atoms with Gasteiger partial charge in [0.1, 0.15) is 28.2 Å². The maximum Gasteiger partial charge on any atom is 0.151 e. The van der Waals surface area contributed by atoms with Gasteiger partial charge in [-0.25, -0.2) is 4.98 Å². The first-order valence-corrected chi connectivity index (χ1v) is 10.8. The number of nitriles is 1. The van der Waals surface area contributed by atoms with E-state index < -0.39 is 0 Å². The second-order valence-electron chi connectivity index (χ2n) is 6.89. The van der Waals surface area contributed by atoms with Gasteiger partial charge in [-0.2, -0.15) is 5.26 Å². The van der Waals surface area contributed by atoms with Crippen LogP contribution in [-0.2, 0) is 11.3 Å². The summed E-state index contributed by atoms with van der Waals surface area (Å²) in [6, 6.07) is 7.54. The number of pyridine rings is 1. The Morgan fingerprint density at radius 3 is 2.55 bits per heavy atom. The maximum absolute atomic E-state index is 9.31. The highest BCUT2D eigenvalue weighted by atomic mass is 35.5. The van der Waals surface area contributed by atoms with Crippen LogP contribution in [-0.4, -0.2) is 63.5 Å². The first-order chi connectivity index (χ1) is 15.0. The van der Waals surface area contributed by atoms with Crippen LogP contribution in [0.5, 0.6) is 11.5 Å². The quantitative estimate of drug-likeness (QED) is 0.517. The predicted octanol–water partition coefficient (Wildman–Crippen LogP) is 4.27. The van der Waals surface area contributed by atoms with Crippen molar-refractivity contribution in [1.29, 1.82) is 5.26 Å². The molecule has 0 radical (unpaired) electrons. The van der Waals surface area contributed by atoms with E-state index in [4.69, 9.17) is 49.0 Å². The Bertz CT molecular complexity index is 962. The van der Waals surface area contributed by atoms with E-state index >= 15 is 0 Å². The molecule has 0 amide bonds. The minimum absolute atomic E-state index is 0.0147. The Morgan fingerprint density at radius 1 is 1.16 bits per heavy atom. The fourth-order valence-corrected chi connectivity index (χ4v) is 4.10. The lowest BCUT2D eigenvalue weighted by Gasteiger charge is -2.31. The average molecular weight is 486 g/mol. The van der Waals surface area contributed by atoms with Crippen LogP contribution in [0.15, 0.2) is 18.2 Å². The van der Waals surface area contributed by atoms with Gasteiger partial charge in [0, 0.05) is 38.3 Å². The van der Waals surface area contributed by atoms with Gasteiger partial charge in [0.15, 0.2) is 11.0 Å². The van der Waals surface area contributed by atoms with Crippen molar-refractivity contribution in [3.63, 3.8) is 0 Å². The molecule has 1 aliphatic heterocycles. The summed E-state index contributed by atoms with van der Waals surface area (Å²) in [5.74, 6) is 1.83. The summed E-state index contributed by atoms with van der Waals surface area (Å²) in [6.07, 6.45) is 0. The molecule has 1 fully saturated rings. The summed E-state index contributed by atoms with van der Waals surface area (Å²) >= 11 is 19.1. The zero-order chi connectivity index (χ0) is 22.4. The monoisotopic (exact) mass is 484 g/mol. The number of halogens is 3. The fourth-order valence-electron chi connectivity index (χ4n) is 3.36. The molecule has 2 heterocycles. The van der Waals surface area contributed by atoms with E-state index in [0.717, 1.165) is 25.2 Å². The number of hydrogen-bond donors (Lipinski definition) is 0. The summed E-state index contributed by atoms with van der Waals surface area (Å²) in [7, 11) is 3.23. The molecule has 10 heteroatoms. The van der Waals surface area contributed by atoms with E-state index in [2.05, 4.69) is 9.88 Å². The number of aromatic nitrogens is 1. The van der Waals surface area contributed by atoms with Gasteiger partial charge in [0.05, 0.1) is 32.5 Å². The zero-order valence-electron chi connectivity index (χ0n) is 17.3. The molecular weight excluding hydrogens is 463 g/mol. The molecule has 0 spiro atoms. The second kappa shape index (κ2) is 11.1. The molecule has 1 saturated heterocycles. The number of anilines is 1. The molecule has 1 aromatic heterocycles. The van der Waals surface area contributed by atoms with E-state index in [-0.39, 0.29) is 20.8 Å². The van der Waals surface area contributed by atoms with Crippen LogP contribution < -0.4 is 14.4 Å². The molecular formula is C21H23Cl3N4O3. The standard InChI is InChI=1S/C21H23Cl3N4O3/c1-29-15-3-4-17(30-2)14(11-15)13-28(6-5-27-7-9-31-10-8-27)21-19(23)18(22)16(12-25)20(24)26-21/h3-4,11H,5-10,13H2,1-2H3. The van der Waals surface area contributed by atoms with Crippen LogP contribution in [0.4, 0.5) is 5.82 Å². The lowest BCUT2D eigenvalue weighted by molar-refractivity contribution is 0.0391.